The highest BCUT2D eigenvalue weighted by Gasteiger charge is 2.29. The Labute approximate surface area is 163 Å². The molecule has 6 nitrogen and oxygen atoms in total. The maximum absolute atomic E-state index is 12.8. The van der Waals surface area contributed by atoms with Crippen molar-refractivity contribution in [2.24, 2.45) is 10.7 Å². The van der Waals surface area contributed by atoms with Gasteiger partial charge in [0.25, 0.3) is 5.91 Å². The van der Waals surface area contributed by atoms with Crippen LogP contribution in [0.5, 0.6) is 11.5 Å². The number of nitrogens with zero attached hydrogens (tertiary/aromatic N) is 1. The summed E-state index contributed by atoms with van der Waals surface area (Å²) in [6, 6.07) is 12.8. The van der Waals surface area contributed by atoms with E-state index in [1.807, 2.05) is 24.3 Å². The number of nitrogens with one attached hydrogen (secondary N) is 1. The zero-order valence-corrected chi connectivity index (χ0v) is 16.4. The molecule has 27 heavy (non-hydrogen) atoms. The average molecular weight is 385 g/mol. The zero-order valence-electron chi connectivity index (χ0n) is 15.6. The molecule has 1 heterocycles. The second-order valence-corrected chi connectivity index (χ2v) is 7.54. The molecule has 2 aromatic carbocycles. The Balaban J connectivity index is 1.87. The van der Waals surface area contributed by atoms with Crippen molar-refractivity contribution >= 4 is 28.5 Å². The van der Waals surface area contributed by atoms with Crippen molar-refractivity contribution in [1.29, 1.82) is 0 Å². The standard InChI is InChI=1S/C20H23N3O3S/c1-20(9-10-27-19(21)23-20)13-5-4-6-14(11-13)22-18(24)16-12-15(25-2)7-8-17(16)26-3/h4-8,11-12H,9-10H2,1-3H3,(H2,21,23)(H,22,24). The fourth-order valence-electron chi connectivity index (χ4n) is 3.02. The summed E-state index contributed by atoms with van der Waals surface area (Å²) < 4.78 is 10.5. The van der Waals surface area contributed by atoms with Gasteiger partial charge in [-0.3, -0.25) is 9.79 Å². The van der Waals surface area contributed by atoms with E-state index in [1.54, 1.807) is 37.1 Å². The number of anilines is 1. The molecule has 1 amide bonds. The molecule has 0 aromatic heterocycles. The lowest BCUT2D eigenvalue weighted by molar-refractivity contribution is 0.102. The maximum Gasteiger partial charge on any atom is 0.259 e. The second kappa shape index (κ2) is 7.92. The summed E-state index contributed by atoms with van der Waals surface area (Å²) in [5.41, 5.74) is 7.65. The molecule has 1 aliphatic heterocycles. The summed E-state index contributed by atoms with van der Waals surface area (Å²) in [7, 11) is 3.09. The Morgan fingerprint density at radius 3 is 2.74 bits per heavy atom. The van der Waals surface area contributed by atoms with Crippen LogP contribution in [0.15, 0.2) is 47.5 Å². The normalized spacial score (nSPS) is 19.1. The Hall–Kier alpha value is -2.67. The number of nitrogens with two attached hydrogens (primary N) is 1. The lowest BCUT2D eigenvalue weighted by atomic mass is 9.89. The smallest absolute Gasteiger partial charge is 0.259 e. The van der Waals surface area contributed by atoms with Crippen LogP contribution in [0.25, 0.3) is 0 Å². The predicted molar refractivity (Wildman–Crippen MR) is 110 cm³/mol. The highest BCUT2D eigenvalue weighted by Crippen LogP contribution is 2.36. The minimum absolute atomic E-state index is 0.268. The van der Waals surface area contributed by atoms with Crippen LogP contribution < -0.4 is 20.5 Å². The van der Waals surface area contributed by atoms with Crippen LogP contribution in [0, 0.1) is 0 Å². The minimum Gasteiger partial charge on any atom is -0.497 e. The molecule has 142 valence electrons. The summed E-state index contributed by atoms with van der Waals surface area (Å²) >= 11 is 1.57. The van der Waals surface area contributed by atoms with Crippen molar-refractivity contribution in [2.75, 3.05) is 25.3 Å². The van der Waals surface area contributed by atoms with Crippen LogP contribution in [0.2, 0.25) is 0 Å². The number of thioether (sulfide) groups is 1. The third-order valence-corrected chi connectivity index (χ3v) is 5.38. The van der Waals surface area contributed by atoms with E-state index in [1.165, 1.54) is 7.11 Å². The van der Waals surface area contributed by atoms with Crippen molar-refractivity contribution in [3.63, 3.8) is 0 Å². The summed E-state index contributed by atoms with van der Waals surface area (Å²) in [5, 5.41) is 3.53. The first-order valence-electron chi connectivity index (χ1n) is 8.57. The maximum atomic E-state index is 12.8. The van der Waals surface area contributed by atoms with Crippen LogP contribution >= 0.6 is 11.8 Å². The van der Waals surface area contributed by atoms with Gasteiger partial charge in [0.2, 0.25) is 0 Å². The van der Waals surface area contributed by atoms with E-state index in [9.17, 15) is 4.79 Å². The number of carbonyl (C=O) groups excluding carboxylic acids is 1. The Kier molecular flexibility index (Phi) is 5.60. The first-order valence-corrected chi connectivity index (χ1v) is 9.56. The van der Waals surface area contributed by atoms with E-state index in [-0.39, 0.29) is 11.4 Å². The van der Waals surface area contributed by atoms with E-state index in [4.69, 9.17) is 15.2 Å². The molecule has 2 aromatic rings. The number of rotatable bonds is 5. The van der Waals surface area contributed by atoms with E-state index in [2.05, 4.69) is 17.2 Å². The Morgan fingerprint density at radius 1 is 1.22 bits per heavy atom. The number of aliphatic imine (C=N–C) groups is 1. The molecule has 0 aliphatic carbocycles. The Morgan fingerprint density at radius 2 is 2.04 bits per heavy atom. The summed E-state index contributed by atoms with van der Waals surface area (Å²) in [6.07, 6.45) is 0.888. The van der Waals surface area contributed by atoms with Crippen LogP contribution in [0.4, 0.5) is 5.69 Å². The number of hydrogen-bond acceptors (Lipinski definition) is 6. The zero-order chi connectivity index (χ0) is 19.4. The van der Waals surface area contributed by atoms with Gasteiger partial charge in [0.05, 0.1) is 25.3 Å². The van der Waals surface area contributed by atoms with Gasteiger partial charge in [-0.05, 0) is 49.2 Å². The van der Waals surface area contributed by atoms with Gasteiger partial charge in [0.1, 0.15) is 11.5 Å². The van der Waals surface area contributed by atoms with Crippen molar-refractivity contribution in [3.05, 3.63) is 53.6 Å². The first-order chi connectivity index (χ1) is 12.9. The predicted octanol–water partition coefficient (Wildman–Crippen LogP) is 3.62. The average Bonchev–Trinajstić information content (AvgIpc) is 2.67. The molecule has 0 saturated heterocycles. The number of amides is 1. The molecular weight excluding hydrogens is 362 g/mol. The molecule has 0 spiro atoms. The van der Waals surface area contributed by atoms with Gasteiger partial charge < -0.3 is 20.5 Å². The molecule has 1 atom stereocenters. The number of carbonyl (C=O) groups is 1. The lowest BCUT2D eigenvalue weighted by Gasteiger charge is -2.30. The SMILES string of the molecule is COc1ccc(OC)c(C(=O)Nc2cccc(C3(C)CCSC(N)=N3)c2)c1. The van der Waals surface area contributed by atoms with E-state index in [0.29, 0.717) is 27.9 Å². The van der Waals surface area contributed by atoms with E-state index >= 15 is 0 Å². The van der Waals surface area contributed by atoms with Crippen molar-refractivity contribution < 1.29 is 14.3 Å². The molecule has 0 saturated carbocycles. The molecule has 0 bridgehead atoms. The summed E-state index contributed by atoms with van der Waals surface area (Å²) in [5.74, 6) is 1.73. The van der Waals surface area contributed by atoms with Crippen LogP contribution in [-0.2, 0) is 5.54 Å². The quantitative estimate of drug-likeness (QED) is 0.821. The summed E-state index contributed by atoms with van der Waals surface area (Å²) in [6.45, 7) is 2.06. The molecule has 1 unspecified atom stereocenters. The molecule has 3 rings (SSSR count). The molecule has 0 radical (unpaired) electrons. The van der Waals surface area contributed by atoms with Gasteiger partial charge >= 0.3 is 0 Å². The van der Waals surface area contributed by atoms with Crippen molar-refractivity contribution in [2.45, 2.75) is 18.9 Å². The van der Waals surface area contributed by atoms with Crippen molar-refractivity contribution in [1.82, 2.24) is 0 Å². The van der Waals surface area contributed by atoms with Gasteiger partial charge in [-0.2, -0.15) is 0 Å². The van der Waals surface area contributed by atoms with E-state index < -0.39 is 0 Å². The molecular formula is C20H23N3O3S. The molecule has 3 N–H and O–H groups in total. The Bertz CT molecular complexity index is 885. The number of benzene rings is 2. The third-order valence-electron chi connectivity index (χ3n) is 4.59. The largest absolute Gasteiger partial charge is 0.497 e. The number of amidine groups is 1. The monoisotopic (exact) mass is 385 g/mol. The highest BCUT2D eigenvalue weighted by molar-refractivity contribution is 8.13. The van der Waals surface area contributed by atoms with Crippen LogP contribution in [0.3, 0.4) is 0 Å². The fraction of sp³-hybridized carbons (Fsp3) is 0.300. The minimum atomic E-state index is -0.385. The fourth-order valence-corrected chi connectivity index (χ4v) is 3.99. The van der Waals surface area contributed by atoms with Gasteiger partial charge in [-0.25, -0.2) is 0 Å². The van der Waals surface area contributed by atoms with Crippen LogP contribution in [-0.4, -0.2) is 31.0 Å². The first kappa shape index (κ1) is 19.1. The number of hydrogen-bond donors (Lipinski definition) is 2. The van der Waals surface area contributed by atoms with Gasteiger partial charge in [-0.15, -0.1) is 0 Å². The third kappa shape index (κ3) is 4.19. The van der Waals surface area contributed by atoms with Crippen LogP contribution in [0.1, 0.15) is 29.3 Å². The summed E-state index contributed by atoms with van der Waals surface area (Å²) in [4.78, 5) is 17.4. The molecule has 0 fully saturated rings. The van der Waals surface area contributed by atoms with E-state index in [0.717, 1.165) is 17.7 Å². The topological polar surface area (TPSA) is 85.9 Å². The lowest BCUT2D eigenvalue weighted by Crippen LogP contribution is -2.28. The highest BCUT2D eigenvalue weighted by atomic mass is 32.2. The number of ether oxygens (including phenoxy) is 2. The molecule has 7 heteroatoms. The second-order valence-electron chi connectivity index (χ2n) is 6.42. The van der Waals surface area contributed by atoms with Gasteiger partial charge in [-0.1, -0.05) is 23.9 Å². The number of methoxy groups -OCH3 is 2. The van der Waals surface area contributed by atoms with Gasteiger partial charge in [0, 0.05) is 11.4 Å². The van der Waals surface area contributed by atoms with Crippen molar-refractivity contribution in [3.8, 4) is 11.5 Å². The van der Waals surface area contributed by atoms with Gasteiger partial charge in [0.15, 0.2) is 5.17 Å². The molecule has 1 aliphatic rings.